The topological polar surface area (TPSA) is 49.9 Å². The molecule has 2 aromatic rings. The molecule has 0 aromatic heterocycles. The molecule has 1 fully saturated rings. The molecule has 142 valence electrons. The van der Waals surface area contributed by atoms with E-state index < -0.39 is 0 Å². The Morgan fingerprint density at radius 2 is 1.59 bits per heavy atom. The van der Waals surface area contributed by atoms with Crippen LogP contribution in [0.5, 0.6) is 5.75 Å². The van der Waals surface area contributed by atoms with E-state index in [0.717, 1.165) is 5.56 Å². The second-order valence-corrected chi connectivity index (χ2v) is 6.81. The SMILES string of the molecule is CCC(=O)N1CCN(C(=O)c2ccccc2OCc2ccccc2Cl)CC1. The van der Waals surface area contributed by atoms with Crippen molar-refractivity contribution in [3.63, 3.8) is 0 Å². The second-order valence-electron chi connectivity index (χ2n) is 6.40. The van der Waals surface area contributed by atoms with E-state index in [4.69, 9.17) is 16.3 Å². The van der Waals surface area contributed by atoms with Gasteiger partial charge in [-0.15, -0.1) is 0 Å². The minimum atomic E-state index is -0.0756. The standard InChI is InChI=1S/C21H23ClN2O3/c1-2-20(25)23-11-13-24(14-12-23)21(26)17-8-4-6-10-19(17)27-15-16-7-3-5-9-18(16)22/h3-10H,2,11-15H2,1H3. The number of benzene rings is 2. The molecular weight excluding hydrogens is 364 g/mol. The van der Waals surface area contributed by atoms with E-state index in [1.54, 1.807) is 17.0 Å². The van der Waals surface area contributed by atoms with Gasteiger partial charge in [-0.1, -0.05) is 48.9 Å². The van der Waals surface area contributed by atoms with Crippen LogP contribution in [0.3, 0.4) is 0 Å². The average molecular weight is 387 g/mol. The molecule has 2 aromatic carbocycles. The van der Waals surface area contributed by atoms with Gasteiger partial charge in [0.05, 0.1) is 5.56 Å². The quantitative estimate of drug-likeness (QED) is 0.788. The Bertz CT molecular complexity index is 817. The summed E-state index contributed by atoms with van der Waals surface area (Å²) in [6.07, 6.45) is 0.493. The maximum absolute atomic E-state index is 13.0. The van der Waals surface area contributed by atoms with E-state index in [9.17, 15) is 9.59 Å². The summed E-state index contributed by atoms with van der Waals surface area (Å²) in [6, 6.07) is 14.7. The summed E-state index contributed by atoms with van der Waals surface area (Å²) in [5.41, 5.74) is 1.40. The molecule has 0 unspecified atom stereocenters. The largest absolute Gasteiger partial charge is 0.488 e. The molecule has 1 aliphatic heterocycles. The molecule has 1 heterocycles. The van der Waals surface area contributed by atoms with Gasteiger partial charge >= 0.3 is 0 Å². The summed E-state index contributed by atoms with van der Waals surface area (Å²) in [7, 11) is 0. The number of para-hydroxylation sites is 1. The van der Waals surface area contributed by atoms with E-state index in [2.05, 4.69) is 0 Å². The van der Waals surface area contributed by atoms with Gasteiger partial charge in [-0.25, -0.2) is 0 Å². The van der Waals surface area contributed by atoms with Crippen molar-refractivity contribution in [3.05, 3.63) is 64.7 Å². The summed E-state index contributed by atoms with van der Waals surface area (Å²) < 4.78 is 5.90. The predicted molar refractivity (Wildman–Crippen MR) is 105 cm³/mol. The van der Waals surface area contributed by atoms with E-state index in [0.29, 0.717) is 55.5 Å². The van der Waals surface area contributed by atoms with Crippen molar-refractivity contribution >= 4 is 23.4 Å². The number of ether oxygens (including phenoxy) is 1. The predicted octanol–water partition coefficient (Wildman–Crippen LogP) is 3.61. The van der Waals surface area contributed by atoms with Gasteiger partial charge in [0, 0.05) is 43.2 Å². The smallest absolute Gasteiger partial charge is 0.257 e. The number of nitrogens with zero attached hydrogens (tertiary/aromatic N) is 2. The lowest BCUT2D eigenvalue weighted by molar-refractivity contribution is -0.132. The van der Waals surface area contributed by atoms with Crippen molar-refractivity contribution in [2.24, 2.45) is 0 Å². The summed E-state index contributed by atoms with van der Waals surface area (Å²) in [6.45, 7) is 4.35. The van der Waals surface area contributed by atoms with Gasteiger partial charge < -0.3 is 14.5 Å². The minimum absolute atomic E-state index is 0.0756. The highest BCUT2D eigenvalue weighted by molar-refractivity contribution is 6.31. The second kappa shape index (κ2) is 8.91. The van der Waals surface area contributed by atoms with Crippen molar-refractivity contribution in [2.75, 3.05) is 26.2 Å². The van der Waals surface area contributed by atoms with Gasteiger partial charge in [-0.3, -0.25) is 9.59 Å². The molecule has 0 bridgehead atoms. The summed E-state index contributed by atoms with van der Waals surface area (Å²) in [5.74, 6) is 0.591. The van der Waals surface area contributed by atoms with Crippen LogP contribution < -0.4 is 4.74 Å². The highest BCUT2D eigenvalue weighted by Gasteiger charge is 2.25. The molecule has 0 N–H and O–H groups in total. The molecule has 0 saturated carbocycles. The van der Waals surface area contributed by atoms with Crippen molar-refractivity contribution in [2.45, 2.75) is 20.0 Å². The number of piperazine rings is 1. The highest BCUT2D eigenvalue weighted by atomic mass is 35.5. The van der Waals surface area contributed by atoms with Crippen LogP contribution in [0.1, 0.15) is 29.3 Å². The normalized spacial score (nSPS) is 14.1. The fourth-order valence-corrected chi connectivity index (χ4v) is 3.28. The van der Waals surface area contributed by atoms with Crippen LogP contribution in [0.2, 0.25) is 5.02 Å². The number of halogens is 1. The number of hydrogen-bond acceptors (Lipinski definition) is 3. The first-order valence-electron chi connectivity index (χ1n) is 9.12. The van der Waals surface area contributed by atoms with Crippen LogP contribution in [0.15, 0.2) is 48.5 Å². The first-order valence-corrected chi connectivity index (χ1v) is 9.50. The maximum atomic E-state index is 13.0. The van der Waals surface area contributed by atoms with E-state index in [1.165, 1.54) is 0 Å². The van der Waals surface area contributed by atoms with Crippen molar-refractivity contribution in [3.8, 4) is 5.75 Å². The molecule has 2 amide bonds. The van der Waals surface area contributed by atoms with Gasteiger partial charge in [0.2, 0.25) is 5.91 Å². The monoisotopic (exact) mass is 386 g/mol. The lowest BCUT2D eigenvalue weighted by Gasteiger charge is -2.35. The number of carbonyl (C=O) groups is 2. The Morgan fingerprint density at radius 1 is 0.963 bits per heavy atom. The van der Waals surface area contributed by atoms with Gasteiger partial charge in [-0.05, 0) is 18.2 Å². The Kier molecular flexibility index (Phi) is 6.35. The van der Waals surface area contributed by atoms with Crippen LogP contribution in [-0.2, 0) is 11.4 Å². The number of carbonyl (C=O) groups excluding carboxylic acids is 2. The Hall–Kier alpha value is -2.53. The molecule has 27 heavy (non-hydrogen) atoms. The van der Waals surface area contributed by atoms with E-state index >= 15 is 0 Å². The first kappa shape index (κ1) is 19.2. The van der Waals surface area contributed by atoms with Crippen LogP contribution in [-0.4, -0.2) is 47.8 Å². The summed E-state index contributed by atoms with van der Waals surface area (Å²) in [4.78, 5) is 28.4. The molecule has 1 aliphatic rings. The number of rotatable bonds is 5. The zero-order valence-corrected chi connectivity index (χ0v) is 16.1. The van der Waals surface area contributed by atoms with Crippen molar-refractivity contribution < 1.29 is 14.3 Å². The van der Waals surface area contributed by atoms with Crippen molar-refractivity contribution in [1.82, 2.24) is 9.80 Å². The third kappa shape index (κ3) is 4.61. The Balaban J connectivity index is 1.67. The molecule has 3 rings (SSSR count). The highest BCUT2D eigenvalue weighted by Crippen LogP contribution is 2.23. The van der Waals surface area contributed by atoms with Crippen LogP contribution in [0.25, 0.3) is 0 Å². The molecule has 0 spiro atoms. The minimum Gasteiger partial charge on any atom is -0.488 e. The van der Waals surface area contributed by atoms with Crippen LogP contribution in [0, 0.1) is 0 Å². The molecule has 0 radical (unpaired) electrons. The molecule has 1 saturated heterocycles. The molecule has 5 nitrogen and oxygen atoms in total. The molecule has 6 heteroatoms. The third-order valence-corrected chi connectivity index (χ3v) is 5.05. The molecule has 0 atom stereocenters. The van der Waals surface area contributed by atoms with E-state index in [1.807, 2.05) is 48.2 Å². The summed E-state index contributed by atoms with van der Waals surface area (Å²) in [5, 5.41) is 0.637. The Morgan fingerprint density at radius 3 is 2.30 bits per heavy atom. The molecular formula is C21H23ClN2O3. The van der Waals surface area contributed by atoms with Crippen LogP contribution in [0.4, 0.5) is 0 Å². The summed E-state index contributed by atoms with van der Waals surface area (Å²) >= 11 is 6.18. The fourth-order valence-electron chi connectivity index (χ4n) is 3.09. The zero-order valence-electron chi connectivity index (χ0n) is 15.4. The van der Waals surface area contributed by atoms with Crippen molar-refractivity contribution in [1.29, 1.82) is 0 Å². The Labute approximate surface area is 164 Å². The van der Waals surface area contributed by atoms with Gasteiger partial charge in [0.25, 0.3) is 5.91 Å². The van der Waals surface area contributed by atoms with E-state index in [-0.39, 0.29) is 11.8 Å². The maximum Gasteiger partial charge on any atom is 0.257 e. The molecule has 0 aliphatic carbocycles. The lowest BCUT2D eigenvalue weighted by atomic mass is 10.1. The number of amides is 2. The average Bonchev–Trinajstić information content (AvgIpc) is 2.72. The van der Waals surface area contributed by atoms with Gasteiger partial charge in [-0.2, -0.15) is 0 Å². The zero-order chi connectivity index (χ0) is 19.2. The van der Waals surface area contributed by atoms with Crippen LogP contribution >= 0.6 is 11.6 Å². The number of hydrogen-bond donors (Lipinski definition) is 0. The van der Waals surface area contributed by atoms with Gasteiger partial charge in [0.1, 0.15) is 12.4 Å². The third-order valence-electron chi connectivity index (χ3n) is 4.68. The van der Waals surface area contributed by atoms with Gasteiger partial charge in [0.15, 0.2) is 0 Å². The first-order chi connectivity index (χ1) is 13.1. The lowest BCUT2D eigenvalue weighted by Crippen LogP contribution is -2.50. The fraction of sp³-hybridized carbons (Fsp3) is 0.333.